The number of non-ortho nitro benzene ring substituents is 2. The largest absolute Gasteiger partial charge is 0.467 e. The van der Waals surface area contributed by atoms with E-state index in [-0.39, 0.29) is 48.0 Å². The summed E-state index contributed by atoms with van der Waals surface area (Å²) in [5.74, 6) is -1.03. The zero-order chi connectivity index (χ0) is 20.0. The van der Waals surface area contributed by atoms with Crippen LogP contribution >= 0.6 is 0 Å². The van der Waals surface area contributed by atoms with E-state index in [0.29, 0.717) is 11.3 Å². The molecule has 0 bridgehead atoms. The van der Waals surface area contributed by atoms with Gasteiger partial charge < -0.3 is 9.47 Å². The molecule has 2 heterocycles. The van der Waals surface area contributed by atoms with Gasteiger partial charge in [-0.1, -0.05) is 0 Å². The Hall–Kier alpha value is -3.86. The van der Waals surface area contributed by atoms with Gasteiger partial charge in [-0.25, -0.2) is 0 Å². The lowest BCUT2D eigenvalue weighted by atomic mass is 10.1. The maximum absolute atomic E-state index is 12.7. The van der Waals surface area contributed by atoms with Crippen LogP contribution in [0, 0.1) is 20.2 Å². The summed E-state index contributed by atoms with van der Waals surface area (Å²) in [7, 11) is 0. The quantitative estimate of drug-likeness (QED) is 0.443. The molecule has 0 spiro atoms. The molecule has 2 aliphatic rings. The topological polar surface area (TPSA) is 142 Å². The van der Waals surface area contributed by atoms with Gasteiger partial charge in [-0.2, -0.15) is 0 Å². The number of amides is 2. The van der Waals surface area contributed by atoms with Crippen LogP contribution in [0.3, 0.4) is 0 Å². The van der Waals surface area contributed by atoms with Gasteiger partial charge in [-0.05, 0) is 6.07 Å². The van der Waals surface area contributed by atoms with E-state index in [1.54, 1.807) is 0 Å². The lowest BCUT2D eigenvalue weighted by Gasteiger charge is -2.22. The van der Waals surface area contributed by atoms with Crippen LogP contribution in [0.2, 0.25) is 0 Å². The normalized spacial score (nSPS) is 15.1. The van der Waals surface area contributed by atoms with Crippen molar-refractivity contribution in [2.45, 2.75) is 13.2 Å². The third-order valence-corrected chi connectivity index (χ3v) is 4.48. The summed E-state index contributed by atoms with van der Waals surface area (Å²) in [5, 5.41) is 22.1. The molecule has 0 fully saturated rings. The minimum Gasteiger partial charge on any atom is -0.467 e. The first kappa shape index (κ1) is 17.5. The van der Waals surface area contributed by atoms with Crippen LogP contribution in [0.1, 0.15) is 31.8 Å². The molecule has 2 aliphatic heterocycles. The fourth-order valence-electron chi connectivity index (χ4n) is 3.21. The minimum absolute atomic E-state index is 0.0409. The lowest BCUT2D eigenvalue weighted by molar-refractivity contribution is -0.385. The molecule has 142 valence electrons. The zero-order valence-electron chi connectivity index (χ0n) is 14.1. The maximum atomic E-state index is 12.7. The number of carbonyl (C=O) groups is 2. The van der Waals surface area contributed by atoms with Crippen molar-refractivity contribution in [3.63, 3.8) is 0 Å². The first-order valence-corrected chi connectivity index (χ1v) is 8.02. The maximum Gasteiger partial charge on any atom is 0.270 e. The van der Waals surface area contributed by atoms with Crippen molar-refractivity contribution in [2.75, 3.05) is 6.79 Å². The van der Waals surface area contributed by atoms with Crippen LogP contribution in [-0.4, -0.2) is 33.4 Å². The number of imide groups is 1. The van der Waals surface area contributed by atoms with E-state index >= 15 is 0 Å². The van der Waals surface area contributed by atoms with Crippen molar-refractivity contribution in [1.82, 2.24) is 4.90 Å². The van der Waals surface area contributed by atoms with Crippen molar-refractivity contribution in [3.05, 3.63) is 72.8 Å². The van der Waals surface area contributed by atoms with E-state index in [9.17, 15) is 29.8 Å². The van der Waals surface area contributed by atoms with E-state index in [1.807, 2.05) is 0 Å². The molecule has 0 radical (unpaired) electrons. The van der Waals surface area contributed by atoms with Gasteiger partial charge in [0.05, 0.1) is 34.1 Å². The van der Waals surface area contributed by atoms with Crippen LogP contribution in [-0.2, 0) is 17.9 Å². The standard InChI is InChI=1S/C17H11N3O8/c21-16-13-2-1-11(19(23)24)5-14(13)17(22)18(16)6-9-3-12(20(25)26)4-10-7-27-8-28-15(9)10/h1-5H,6-8H2. The third kappa shape index (κ3) is 2.74. The predicted octanol–water partition coefficient (Wildman–Crippen LogP) is 2.17. The van der Waals surface area contributed by atoms with E-state index in [4.69, 9.17) is 9.47 Å². The highest BCUT2D eigenvalue weighted by molar-refractivity contribution is 6.21. The first-order valence-electron chi connectivity index (χ1n) is 8.02. The number of carbonyl (C=O) groups excluding carboxylic acids is 2. The molecule has 0 saturated heterocycles. The fourth-order valence-corrected chi connectivity index (χ4v) is 3.21. The number of nitro groups is 2. The molecule has 0 aromatic heterocycles. The SMILES string of the molecule is O=C1c2ccc([N+](=O)[O-])cc2C(=O)N1Cc1cc([N+](=O)[O-])cc2c1OCOC2. The second kappa shape index (κ2) is 6.39. The number of hydrogen-bond donors (Lipinski definition) is 0. The smallest absolute Gasteiger partial charge is 0.270 e. The Morgan fingerprint density at radius 1 is 0.964 bits per heavy atom. The molecule has 2 amide bonds. The monoisotopic (exact) mass is 385 g/mol. The van der Waals surface area contributed by atoms with Crippen LogP contribution in [0.5, 0.6) is 5.75 Å². The third-order valence-electron chi connectivity index (χ3n) is 4.48. The van der Waals surface area contributed by atoms with Crippen molar-refractivity contribution in [2.24, 2.45) is 0 Å². The predicted molar refractivity (Wildman–Crippen MR) is 90.7 cm³/mol. The molecule has 28 heavy (non-hydrogen) atoms. The summed E-state index contributed by atoms with van der Waals surface area (Å²) in [4.78, 5) is 47.0. The highest BCUT2D eigenvalue weighted by Crippen LogP contribution is 2.35. The molecular weight excluding hydrogens is 374 g/mol. The van der Waals surface area contributed by atoms with Crippen LogP contribution < -0.4 is 4.74 Å². The Balaban J connectivity index is 1.73. The molecule has 11 heteroatoms. The van der Waals surface area contributed by atoms with Gasteiger partial charge in [0.2, 0.25) is 0 Å². The number of fused-ring (bicyclic) bond motifs is 2. The molecule has 11 nitrogen and oxygen atoms in total. The van der Waals surface area contributed by atoms with Gasteiger partial charge in [0.25, 0.3) is 23.2 Å². The van der Waals surface area contributed by atoms with Gasteiger partial charge in [-0.3, -0.25) is 34.7 Å². The summed E-state index contributed by atoms with van der Waals surface area (Å²) >= 11 is 0. The van der Waals surface area contributed by atoms with E-state index in [1.165, 1.54) is 18.2 Å². The molecular formula is C17H11N3O8. The molecule has 0 N–H and O–H groups in total. The lowest BCUT2D eigenvalue weighted by Crippen LogP contribution is -2.29. The summed E-state index contributed by atoms with van der Waals surface area (Å²) in [6.45, 7) is -0.241. The molecule has 0 saturated carbocycles. The van der Waals surface area contributed by atoms with Crippen molar-refractivity contribution < 1.29 is 28.9 Å². The number of rotatable bonds is 4. The Morgan fingerprint density at radius 3 is 2.39 bits per heavy atom. The van der Waals surface area contributed by atoms with Gasteiger partial charge in [0.1, 0.15) is 5.75 Å². The molecule has 0 atom stereocenters. The number of nitrogens with zero attached hydrogens (tertiary/aromatic N) is 3. The number of hydrogen-bond acceptors (Lipinski definition) is 8. The molecule has 0 unspecified atom stereocenters. The second-order valence-corrected chi connectivity index (χ2v) is 6.14. The van der Waals surface area contributed by atoms with Gasteiger partial charge in [0, 0.05) is 35.4 Å². The van der Waals surface area contributed by atoms with Crippen LogP contribution in [0.15, 0.2) is 30.3 Å². The highest BCUT2D eigenvalue weighted by Gasteiger charge is 2.38. The Morgan fingerprint density at radius 2 is 1.68 bits per heavy atom. The second-order valence-electron chi connectivity index (χ2n) is 6.14. The van der Waals surface area contributed by atoms with Crippen molar-refractivity contribution in [3.8, 4) is 5.75 Å². The number of benzene rings is 2. The van der Waals surface area contributed by atoms with E-state index in [2.05, 4.69) is 0 Å². The zero-order valence-corrected chi connectivity index (χ0v) is 14.1. The first-order chi connectivity index (χ1) is 13.4. The summed E-state index contributed by atoms with van der Waals surface area (Å²) in [6, 6.07) is 5.95. The fraction of sp³-hybridized carbons (Fsp3) is 0.176. The summed E-state index contributed by atoms with van der Waals surface area (Å²) in [5.41, 5.74) is 0.131. The minimum atomic E-state index is -0.712. The Kier molecular flexibility index (Phi) is 4.00. The van der Waals surface area contributed by atoms with Gasteiger partial charge >= 0.3 is 0 Å². The molecule has 2 aromatic rings. The Labute approximate surface area is 156 Å². The summed E-state index contributed by atoms with van der Waals surface area (Å²) < 4.78 is 10.5. The van der Waals surface area contributed by atoms with E-state index < -0.39 is 21.7 Å². The van der Waals surface area contributed by atoms with E-state index in [0.717, 1.165) is 17.0 Å². The van der Waals surface area contributed by atoms with Gasteiger partial charge in [-0.15, -0.1) is 0 Å². The average molecular weight is 385 g/mol. The van der Waals surface area contributed by atoms with Crippen LogP contribution in [0.4, 0.5) is 11.4 Å². The van der Waals surface area contributed by atoms with Crippen LogP contribution in [0.25, 0.3) is 0 Å². The summed E-state index contributed by atoms with van der Waals surface area (Å²) in [6.07, 6.45) is 0. The number of nitro benzene ring substituents is 2. The highest BCUT2D eigenvalue weighted by atomic mass is 16.7. The van der Waals surface area contributed by atoms with Crippen molar-refractivity contribution in [1.29, 1.82) is 0 Å². The average Bonchev–Trinajstić information content (AvgIpc) is 2.92. The molecule has 0 aliphatic carbocycles. The molecule has 2 aromatic carbocycles. The molecule has 4 rings (SSSR count). The Bertz CT molecular complexity index is 1060. The van der Waals surface area contributed by atoms with Crippen molar-refractivity contribution >= 4 is 23.2 Å². The van der Waals surface area contributed by atoms with Gasteiger partial charge in [0.15, 0.2) is 6.79 Å². The number of ether oxygens (including phenoxy) is 2.